The van der Waals surface area contributed by atoms with E-state index < -0.39 is 10.0 Å². The second kappa shape index (κ2) is 8.18. The van der Waals surface area contributed by atoms with Crippen LogP contribution in [0.25, 0.3) is 10.9 Å². The van der Waals surface area contributed by atoms with Gasteiger partial charge in [0.2, 0.25) is 10.0 Å². The molecule has 1 aliphatic heterocycles. The minimum atomic E-state index is -3.66. The Kier molecular flexibility index (Phi) is 5.63. The molecular weight excluding hydrogens is 410 g/mol. The lowest BCUT2D eigenvalue weighted by molar-refractivity contribution is 0.343. The number of nitrogens with zero attached hydrogens (tertiary/aromatic N) is 3. The van der Waals surface area contributed by atoms with Gasteiger partial charge < -0.3 is 9.64 Å². The number of benzene rings is 2. The van der Waals surface area contributed by atoms with E-state index in [0.29, 0.717) is 54.5 Å². The molecule has 2 heterocycles. The number of fused-ring (bicyclic) bond motifs is 1. The fraction of sp³-hybridized carbons (Fsp3) is 0.286. The van der Waals surface area contributed by atoms with Crippen LogP contribution in [-0.4, -0.2) is 50.5 Å². The van der Waals surface area contributed by atoms with Gasteiger partial charge >= 0.3 is 0 Å². The summed E-state index contributed by atoms with van der Waals surface area (Å²) in [5.41, 5.74) is 1.49. The van der Waals surface area contributed by atoms with Gasteiger partial charge in [0.1, 0.15) is 11.3 Å². The van der Waals surface area contributed by atoms with Gasteiger partial charge in [0.25, 0.3) is 0 Å². The molecule has 29 heavy (non-hydrogen) atoms. The molecule has 152 valence electrons. The van der Waals surface area contributed by atoms with Crippen LogP contribution >= 0.6 is 11.6 Å². The standard InChI is InChI=1S/C21H22ClN3O3S/c1-2-28-19-9-10-20(16-6-5-11-23-21(16)19)29(26,27)25-14-12-24(13-15-25)18-8-4-3-7-17(18)22/h3-11H,2,12-15H2,1H3. The first kappa shape index (κ1) is 19.9. The summed E-state index contributed by atoms with van der Waals surface area (Å²) in [5, 5.41) is 1.25. The van der Waals surface area contributed by atoms with E-state index in [1.165, 1.54) is 4.31 Å². The van der Waals surface area contributed by atoms with Crippen LogP contribution in [0.5, 0.6) is 5.75 Å². The van der Waals surface area contributed by atoms with Crippen molar-refractivity contribution in [2.45, 2.75) is 11.8 Å². The van der Waals surface area contributed by atoms with Crippen molar-refractivity contribution in [3.63, 3.8) is 0 Å². The van der Waals surface area contributed by atoms with Crippen LogP contribution in [0.1, 0.15) is 6.92 Å². The summed E-state index contributed by atoms with van der Waals surface area (Å²) in [6.45, 7) is 4.32. The Hall–Kier alpha value is -2.35. The summed E-state index contributed by atoms with van der Waals surface area (Å²) in [7, 11) is -3.66. The molecule has 6 nitrogen and oxygen atoms in total. The first-order valence-electron chi connectivity index (χ1n) is 9.52. The van der Waals surface area contributed by atoms with Crippen molar-refractivity contribution in [2.75, 3.05) is 37.7 Å². The zero-order valence-corrected chi connectivity index (χ0v) is 17.7. The van der Waals surface area contributed by atoms with Crippen LogP contribution in [-0.2, 0) is 10.0 Å². The highest BCUT2D eigenvalue weighted by Gasteiger charge is 2.31. The SMILES string of the molecule is CCOc1ccc(S(=O)(=O)N2CCN(c3ccccc3Cl)CC2)c2cccnc12. The van der Waals surface area contributed by atoms with Crippen LogP contribution in [0.15, 0.2) is 59.6 Å². The van der Waals surface area contributed by atoms with Crippen molar-refractivity contribution in [1.82, 2.24) is 9.29 Å². The van der Waals surface area contributed by atoms with Gasteiger partial charge in [-0.3, -0.25) is 4.98 Å². The topological polar surface area (TPSA) is 62.7 Å². The van der Waals surface area contributed by atoms with Gasteiger partial charge in [0, 0.05) is 37.8 Å². The highest BCUT2D eigenvalue weighted by molar-refractivity contribution is 7.89. The van der Waals surface area contributed by atoms with Gasteiger partial charge in [-0.1, -0.05) is 23.7 Å². The minimum Gasteiger partial charge on any atom is -0.492 e. The second-order valence-electron chi connectivity index (χ2n) is 6.74. The van der Waals surface area contributed by atoms with Gasteiger partial charge in [0.05, 0.1) is 22.2 Å². The third kappa shape index (κ3) is 3.77. The molecule has 0 saturated carbocycles. The summed E-state index contributed by atoms with van der Waals surface area (Å²) in [5.74, 6) is 0.589. The highest BCUT2D eigenvalue weighted by Crippen LogP contribution is 2.32. The smallest absolute Gasteiger partial charge is 0.243 e. The minimum absolute atomic E-state index is 0.259. The number of para-hydroxylation sites is 1. The summed E-state index contributed by atoms with van der Waals surface area (Å²) < 4.78 is 33.9. The first-order chi connectivity index (χ1) is 14.0. The normalized spacial score (nSPS) is 15.6. The van der Waals surface area contributed by atoms with E-state index in [1.54, 1.807) is 30.5 Å². The fourth-order valence-corrected chi connectivity index (χ4v) is 5.49. The molecular formula is C21H22ClN3O3S. The number of rotatable bonds is 5. The largest absolute Gasteiger partial charge is 0.492 e. The predicted octanol–water partition coefficient (Wildman–Crippen LogP) is 3.80. The van der Waals surface area contributed by atoms with Crippen molar-refractivity contribution in [3.05, 3.63) is 59.8 Å². The zero-order chi connectivity index (χ0) is 20.4. The fourth-order valence-electron chi connectivity index (χ4n) is 3.63. The van der Waals surface area contributed by atoms with Crippen LogP contribution < -0.4 is 9.64 Å². The molecule has 0 radical (unpaired) electrons. The molecule has 0 aliphatic carbocycles. The Morgan fingerprint density at radius 2 is 1.79 bits per heavy atom. The average molecular weight is 432 g/mol. The Morgan fingerprint density at radius 3 is 2.52 bits per heavy atom. The van der Waals surface area contributed by atoms with Crippen LogP contribution in [0.2, 0.25) is 5.02 Å². The molecule has 1 aliphatic rings. The number of halogens is 1. The molecule has 3 aromatic rings. The van der Waals surface area contributed by atoms with E-state index in [1.807, 2.05) is 31.2 Å². The third-order valence-electron chi connectivity index (χ3n) is 5.04. The van der Waals surface area contributed by atoms with E-state index in [4.69, 9.17) is 16.3 Å². The third-order valence-corrected chi connectivity index (χ3v) is 7.32. The van der Waals surface area contributed by atoms with Crippen molar-refractivity contribution >= 4 is 38.2 Å². The number of piperazine rings is 1. The molecule has 1 fully saturated rings. The Bertz CT molecular complexity index is 1130. The number of ether oxygens (including phenoxy) is 1. The molecule has 1 aromatic heterocycles. The molecule has 4 rings (SSSR count). The summed E-state index contributed by atoms with van der Waals surface area (Å²) >= 11 is 6.29. The van der Waals surface area contributed by atoms with Crippen LogP contribution in [0, 0.1) is 0 Å². The van der Waals surface area contributed by atoms with Crippen LogP contribution in [0.4, 0.5) is 5.69 Å². The highest BCUT2D eigenvalue weighted by atomic mass is 35.5. The molecule has 0 amide bonds. The van der Waals surface area contributed by atoms with Gasteiger partial charge in [0.15, 0.2) is 0 Å². The van der Waals surface area contributed by atoms with E-state index in [2.05, 4.69) is 9.88 Å². The number of anilines is 1. The predicted molar refractivity (Wildman–Crippen MR) is 115 cm³/mol. The van der Waals surface area contributed by atoms with E-state index in [0.717, 1.165) is 5.69 Å². The van der Waals surface area contributed by atoms with Gasteiger partial charge in [-0.05, 0) is 43.3 Å². The number of hydrogen-bond acceptors (Lipinski definition) is 5. The maximum atomic E-state index is 13.4. The molecule has 0 bridgehead atoms. The number of hydrogen-bond donors (Lipinski definition) is 0. The lowest BCUT2D eigenvalue weighted by atomic mass is 10.2. The van der Waals surface area contributed by atoms with Crippen molar-refractivity contribution in [2.24, 2.45) is 0 Å². The summed E-state index contributed by atoms with van der Waals surface area (Å²) in [6.07, 6.45) is 1.64. The molecule has 0 unspecified atom stereocenters. The van der Waals surface area contributed by atoms with Gasteiger partial charge in [-0.2, -0.15) is 4.31 Å². The molecule has 1 saturated heterocycles. The molecule has 0 spiro atoms. The van der Waals surface area contributed by atoms with E-state index in [9.17, 15) is 8.42 Å². The lowest BCUT2D eigenvalue weighted by Gasteiger charge is -2.35. The maximum absolute atomic E-state index is 13.4. The van der Waals surface area contributed by atoms with Crippen molar-refractivity contribution < 1.29 is 13.2 Å². The molecule has 0 N–H and O–H groups in total. The van der Waals surface area contributed by atoms with Gasteiger partial charge in [-0.25, -0.2) is 8.42 Å². The van der Waals surface area contributed by atoms with E-state index >= 15 is 0 Å². The first-order valence-corrected chi connectivity index (χ1v) is 11.3. The number of sulfonamides is 1. The maximum Gasteiger partial charge on any atom is 0.243 e. The number of pyridine rings is 1. The van der Waals surface area contributed by atoms with Crippen molar-refractivity contribution in [3.8, 4) is 5.75 Å². The second-order valence-corrected chi connectivity index (χ2v) is 9.05. The van der Waals surface area contributed by atoms with Crippen molar-refractivity contribution in [1.29, 1.82) is 0 Å². The molecule has 8 heteroatoms. The molecule has 0 atom stereocenters. The molecule has 2 aromatic carbocycles. The summed E-state index contributed by atoms with van der Waals surface area (Å²) in [4.78, 5) is 6.73. The summed E-state index contributed by atoms with van der Waals surface area (Å²) in [6, 6.07) is 14.4. The Balaban J connectivity index is 1.62. The quantitative estimate of drug-likeness (QED) is 0.614. The Labute approximate surface area is 175 Å². The Morgan fingerprint density at radius 1 is 1.03 bits per heavy atom. The number of aromatic nitrogens is 1. The lowest BCUT2D eigenvalue weighted by Crippen LogP contribution is -2.48. The monoisotopic (exact) mass is 431 g/mol. The average Bonchev–Trinajstić information content (AvgIpc) is 2.74. The van der Waals surface area contributed by atoms with Gasteiger partial charge in [-0.15, -0.1) is 0 Å². The zero-order valence-electron chi connectivity index (χ0n) is 16.1. The van der Waals surface area contributed by atoms with E-state index in [-0.39, 0.29) is 4.90 Å². The van der Waals surface area contributed by atoms with Crippen LogP contribution in [0.3, 0.4) is 0 Å².